The van der Waals surface area contributed by atoms with Gasteiger partial charge in [-0.05, 0) is 43.3 Å². The highest BCUT2D eigenvalue weighted by Crippen LogP contribution is 2.11. The van der Waals surface area contributed by atoms with Gasteiger partial charge in [-0.1, -0.05) is 0 Å². The number of aryl methyl sites for hydroxylation is 1. The lowest BCUT2D eigenvalue weighted by molar-refractivity contribution is 0.0842. The molecule has 0 spiro atoms. The zero-order valence-corrected chi connectivity index (χ0v) is 12.1. The van der Waals surface area contributed by atoms with Gasteiger partial charge in [0.1, 0.15) is 24.3 Å². The van der Waals surface area contributed by atoms with Crippen molar-refractivity contribution in [2.45, 2.75) is 13.0 Å². The fraction of sp³-hybridized carbons (Fsp3) is 0.250. The smallest absolute Gasteiger partial charge is 0.253 e. The molecule has 0 aliphatic heterocycles. The summed E-state index contributed by atoms with van der Waals surface area (Å²) in [4.78, 5) is 16.0. The SMILES string of the molecule is Cc1ncccc1C(=O)NCC(O)COc1ccc(F)cc1. The zero-order valence-electron chi connectivity index (χ0n) is 12.1. The number of carbonyl (C=O) groups excluding carboxylic acids is 1. The van der Waals surface area contributed by atoms with Gasteiger partial charge in [0.25, 0.3) is 5.91 Å². The number of benzene rings is 1. The molecule has 1 aromatic heterocycles. The van der Waals surface area contributed by atoms with Crippen LogP contribution in [0.15, 0.2) is 42.6 Å². The van der Waals surface area contributed by atoms with Crippen molar-refractivity contribution in [2.75, 3.05) is 13.2 Å². The predicted octanol–water partition coefficient (Wildman–Crippen LogP) is 1.70. The second-order valence-corrected chi connectivity index (χ2v) is 4.77. The van der Waals surface area contributed by atoms with Gasteiger partial charge in [-0.15, -0.1) is 0 Å². The number of aromatic nitrogens is 1. The monoisotopic (exact) mass is 304 g/mol. The van der Waals surface area contributed by atoms with Gasteiger partial charge in [-0.25, -0.2) is 4.39 Å². The number of ether oxygens (including phenoxy) is 1. The summed E-state index contributed by atoms with van der Waals surface area (Å²) in [6, 6.07) is 8.83. The molecule has 0 aliphatic rings. The van der Waals surface area contributed by atoms with Crippen LogP contribution < -0.4 is 10.1 Å². The van der Waals surface area contributed by atoms with E-state index < -0.39 is 6.10 Å². The molecule has 0 radical (unpaired) electrons. The molecule has 6 heteroatoms. The molecule has 1 atom stereocenters. The molecule has 0 bridgehead atoms. The molecule has 2 aromatic rings. The van der Waals surface area contributed by atoms with Gasteiger partial charge in [0, 0.05) is 18.4 Å². The summed E-state index contributed by atoms with van der Waals surface area (Å²) in [6.07, 6.45) is 0.739. The number of hydrogen-bond donors (Lipinski definition) is 2. The second kappa shape index (κ2) is 7.51. The maximum absolute atomic E-state index is 12.7. The minimum absolute atomic E-state index is 0.00205. The molecule has 0 saturated carbocycles. The molecule has 0 aliphatic carbocycles. The molecule has 1 amide bonds. The normalized spacial score (nSPS) is 11.8. The predicted molar refractivity (Wildman–Crippen MR) is 79.2 cm³/mol. The number of amides is 1. The Balaban J connectivity index is 1.78. The number of aliphatic hydroxyl groups is 1. The summed E-state index contributed by atoms with van der Waals surface area (Å²) in [7, 11) is 0. The summed E-state index contributed by atoms with van der Waals surface area (Å²) in [5.74, 6) is -0.201. The van der Waals surface area contributed by atoms with Crippen LogP contribution in [0, 0.1) is 12.7 Å². The van der Waals surface area contributed by atoms with E-state index in [9.17, 15) is 14.3 Å². The van der Waals surface area contributed by atoms with Crippen LogP contribution in [0.25, 0.3) is 0 Å². The lowest BCUT2D eigenvalue weighted by Crippen LogP contribution is -2.35. The number of hydrogen-bond acceptors (Lipinski definition) is 4. The third-order valence-corrected chi connectivity index (χ3v) is 3.01. The molecular weight excluding hydrogens is 287 g/mol. The number of pyridine rings is 1. The average molecular weight is 304 g/mol. The molecule has 0 fully saturated rings. The first-order valence-corrected chi connectivity index (χ1v) is 6.82. The fourth-order valence-electron chi connectivity index (χ4n) is 1.81. The van der Waals surface area contributed by atoms with Crippen molar-refractivity contribution in [3.05, 3.63) is 59.7 Å². The fourth-order valence-corrected chi connectivity index (χ4v) is 1.81. The number of carbonyl (C=O) groups is 1. The first-order valence-electron chi connectivity index (χ1n) is 6.82. The molecular formula is C16H17FN2O3. The summed E-state index contributed by atoms with van der Waals surface area (Å²) in [5, 5.41) is 12.4. The molecule has 2 N–H and O–H groups in total. The van der Waals surface area contributed by atoms with Crippen LogP contribution in [0.5, 0.6) is 5.75 Å². The van der Waals surface area contributed by atoms with Crippen LogP contribution in [0.1, 0.15) is 16.1 Å². The summed E-state index contributed by atoms with van der Waals surface area (Å²) in [6.45, 7) is 1.79. The summed E-state index contributed by atoms with van der Waals surface area (Å²) >= 11 is 0. The van der Waals surface area contributed by atoms with Crippen molar-refractivity contribution in [2.24, 2.45) is 0 Å². The van der Waals surface area contributed by atoms with Crippen molar-refractivity contribution in [3.8, 4) is 5.75 Å². The van der Waals surface area contributed by atoms with Gasteiger partial charge in [-0.2, -0.15) is 0 Å². The van der Waals surface area contributed by atoms with Crippen molar-refractivity contribution in [1.82, 2.24) is 10.3 Å². The molecule has 0 saturated heterocycles. The maximum atomic E-state index is 12.7. The molecule has 22 heavy (non-hydrogen) atoms. The topological polar surface area (TPSA) is 71.5 Å². The Morgan fingerprint density at radius 3 is 2.77 bits per heavy atom. The van der Waals surface area contributed by atoms with Crippen molar-refractivity contribution < 1.29 is 19.0 Å². The van der Waals surface area contributed by atoms with Crippen molar-refractivity contribution in [3.63, 3.8) is 0 Å². The molecule has 116 valence electrons. The van der Waals surface area contributed by atoms with Gasteiger partial charge < -0.3 is 15.2 Å². The molecule has 1 unspecified atom stereocenters. The van der Waals surface area contributed by atoms with Crippen molar-refractivity contribution in [1.29, 1.82) is 0 Å². The summed E-state index contributed by atoms with van der Waals surface area (Å²) in [5.41, 5.74) is 1.09. The Bertz CT molecular complexity index is 632. The quantitative estimate of drug-likeness (QED) is 0.852. The Hall–Kier alpha value is -2.47. The Morgan fingerprint density at radius 1 is 1.36 bits per heavy atom. The van der Waals surface area contributed by atoms with Gasteiger partial charge >= 0.3 is 0 Å². The van der Waals surface area contributed by atoms with E-state index in [1.807, 2.05) is 0 Å². The van der Waals surface area contributed by atoms with E-state index in [2.05, 4.69) is 10.3 Å². The van der Waals surface area contributed by atoms with Crippen LogP contribution in [-0.4, -0.2) is 35.3 Å². The second-order valence-electron chi connectivity index (χ2n) is 4.77. The number of aliphatic hydroxyl groups excluding tert-OH is 1. The number of nitrogens with zero attached hydrogens (tertiary/aromatic N) is 1. The number of rotatable bonds is 6. The van der Waals surface area contributed by atoms with E-state index in [1.54, 1.807) is 25.3 Å². The van der Waals surface area contributed by atoms with Gasteiger partial charge in [-0.3, -0.25) is 9.78 Å². The first-order chi connectivity index (χ1) is 10.6. The zero-order chi connectivity index (χ0) is 15.9. The minimum Gasteiger partial charge on any atom is -0.491 e. The third-order valence-electron chi connectivity index (χ3n) is 3.01. The van der Waals surface area contributed by atoms with Gasteiger partial charge in [0.2, 0.25) is 0 Å². The Morgan fingerprint density at radius 2 is 2.09 bits per heavy atom. The van der Waals surface area contributed by atoms with E-state index in [0.29, 0.717) is 17.0 Å². The van der Waals surface area contributed by atoms with Crippen LogP contribution in [-0.2, 0) is 0 Å². The summed E-state index contributed by atoms with van der Waals surface area (Å²) < 4.78 is 18.0. The molecule has 1 aromatic carbocycles. The molecule has 5 nitrogen and oxygen atoms in total. The van der Waals surface area contributed by atoms with E-state index in [0.717, 1.165) is 0 Å². The van der Waals surface area contributed by atoms with E-state index in [1.165, 1.54) is 24.3 Å². The number of halogens is 1. The highest BCUT2D eigenvalue weighted by Gasteiger charge is 2.12. The standard InChI is InChI=1S/C16H17FN2O3/c1-11-15(3-2-8-18-11)16(21)19-9-13(20)10-22-14-6-4-12(17)5-7-14/h2-8,13,20H,9-10H2,1H3,(H,19,21). The lowest BCUT2D eigenvalue weighted by Gasteiger charge is -2.13. The highest BCUT2D eigenvalue weighted by molar-refractivity contribution is 5.95. The van der Waals surface area contributed by atoms with Gasteiger partial charge in [0.15, 0.2) is 0 Å². The van der Waals surface area contributed by atoms with Crippen LogP contribution >= 0.6 is 0 Å². The molecule has 1 heterocycles. The van der Waals surface area contributed by atoms with Crippen molar-refractivity contribution >= 4 is 5.91 Å². The number of nitrogens with one attached hydrogen (secondary N) is 1. The van der Waals surface area contributed by atoms with Crippen LogP contribution in [0.3, 0.4) is 0 Å². The van der Waals surface area contributed by atoms with Gasteiger partial charge in [0.05, 0.1) is 5.56 Å². The minimum atomic E-state index is -0.869. The Labute approximate surface area is 127 Å². The maximum Gasteiger partial charge on any atom is 0.253 e. The van der Waals surface area contributed by atoms with E-state index in [-0.39, 0.29) is 24.9 Å². The third kappa shape index (κ3) is 4.53. The highest BCUT2D eigenvalue weighted by atomic mass is 19.1. The largest absolute Gasteiger partial charge is 0.491 e. The van der Waals surface area contributed by atoms with Crippen LogP contribution in [0.4, 0.5) is 4.39 Å². The average Bonchev–Trinajstić information content (AvgIpc) is 2.52. The first kappa shape index (κ1) is 15.9. The Kier molecular flexibility index (Phi) is 5.43. The van der Waals surface area contributed by atoms with Crippen LogP contribution in [0.2, 0.25) is 0 Å². The van der Waals surface area contributed by atoms with E-state index >= 15 is 0 Å². The van der Waals surface area contributed by atoms with E-state index in [4.69, 9.17) is 4.74 Å². The lowest BCUT2D eigenvalue weighted by atomic mass is 10.2. The molecule has 2 rings (SSSR count).